The van der Waals surface area contributed by atoms with Crippen LogP contribution < -0.4 is 9.47 Å². The van der Waals surface area contributed by atoms with Gasteiger partial charge in [0.15, 0.2) is 11.5 Å². The van der Waals surface area contributed by atoms with Gasteiger partial charge in [-0.2, -0.15) is 5.10 Å². The van der Waals surface area contributed by atoms with Gasteiger partial charge in [0.25, 0.3) is 0 Å². The number of nitrogens with zero attached hydrogens (tertiary/aromatic N) is 2. The van der Waals surface area contributed by atoms with E-state index in [4.69, 9.17) is 9.47 Å². The Balaban J connectivity index is 1.83. The van der Waals surface area contributed by atoms with E-state index in [0.717, 1.165) is 28.0 Å². The molecule has 1 aliphatic rings. The molecule has 0 spiro atoms. The van der Waals surface area contributed by atoms with Crippen LogP contribution in [0.2, 0.25) is 0 Å². The topological polar surface area (TPSA) is 51.1 Å². The van der Waals surface area contributed by atoms with Gasteiger partial charge in [-0.15, -0.1) is 11.3 Å². The first-order chi connectivity index (χ1) is 13.6. The molecule has 1 aliphatic heterocycles. The van der Waals surface area contributed by atoms with Crippen LogP contribution >= 0.6 is 11.3 Å². The molecule has 0 radical (unpaired) electrons. The Morgan fingerprint density at radius 1 is 1.00 bits per heavy atom. The number of thiophene rings is 1. The number of amides is 1. The smallest absolute Gasteiger partial charge is 0.246 e. The summed E-state index contributed by atoms with van der Waals surface area (Å²) in [5.74, 6) is 1.14. The number of carbonyl (C=O) groups excluding carboxylic acids is 1. The average Bonchev–Trinajstić information content (AvgIpc) is 3.23. The lowest BCUT2D eigenvalue weighted by Crippen LogP contribution is -2.22. The lowest BCUT2D eigenvalue weighted by atomic mass is 9.94. The van der Waals surface area contributed by atoms with Crippen molar-refractivity contribution in [2.24, 2.45) is 5.10 Å². The first-order valence-corrected chi connectivity index (χ1v) is 9.73. The second-order valence-electron chi connectivity index (χ2n) is 6.46. The molecule has 0 unspecified atom stereocenters. The van der Waals surface area contributed by atoms with Crippen LogP contribution in [0.5, 0.6) is 11.5 Å². The highest BCUT2D eigenvalue weighted by molar-refractivity contribution is 7.13. The van der Waals surface area contributed by atoms with Crippen molar-refractivity contribution in [2.75, 3.05) is 21.3 Å². The molecule has 0 fully saturated rings. The largest absolute Gasteiger partial charge is 0.493 e. The third-order valence-electron chi connectivity index (χ3n) is 4.78. The number of carbonyl (C=O) groups is 1. The summed E-state index contributed by atoms with van der Waals surface area (Å²) in [6.07, 6.45) is 0.256. The van der Waals surface area contributed by atoms with Crippen molar-refractivity contribution in [3.8, 4) is 21.9 Å². The second kappa shape index (κ2) is 7.48. The van der Waals surface area contributed by atoms with Crippen molar-refractivity contribution in [3.05, 3.63) is 70.6 Å². The Hall–Kier alpha value is -3.12. The highest BCUT2D eigenvalue weighted by Crippen LogP contribution is 2.34. The average molecular weight is 392 g/mol. The van der Waals surface area contributed by atoms with Crippen molar-refractivity contribution in [1.82, 2.24) is 5.01 Å². The number of fused-ring (bicyclic) bond motifs is 1. The van der Waals surface area contributed by atoms with Crippen LogP contribution in [0, 0.1) is 0 Å². The number of hydrazone groups is 1. The molecular formula is C22H20N2O3S. The van der Waals surface area contributed by atoms with E-state index in [0.29, 0.717) is 11.5 Å². The maximum atomic E-state index is 12.5. The van der Waals surface area contributed by atoms with Crippen LogP contribution in [0.15, 0.2) is 59.0 Å². The van der Waals surface area contributed by atoms with Crippen molar-refractivity contribution >= 4 is 23.0 Å². The predicted octanol–water partition coefficient (Wildman–Crippen LogP) is 4.20. The first kappa shape index (κ1) is 18.3. The lowest BCUT2D eigenvalue weighted by molar-refractivity contribution is -0.129. The molecular weight excluding hydrogens is 372 g/mol. The van der Waals surface area contributed by atoms with Gasteiger partial charge in [-0.3, -0.25) is 4.79 Å². The summed E-state index contributed by atoms with van der Waals surface area (Å²) in [7, 11) is 4.88. The number of benzene rings is 2. The Kier molecular flexibility index (Phi) is 4.88. The van der Waals surface area contributed by atoms with Gasteiger partial charge in [-0.25, -0.2) is 5.01 Å². The fourth-order valence-corrected chi connectivity index (χ4v) is 4.01. The van der Waals surface area contributed by atoms with Gasteiger partial charge in [0.2, 0.25) is 5.91 Å². The molecule has 0 N–H and O–H groups in total. The molecule has 0 saturated heterocycles. The minimum absolute atomic E-state index is 0.0707. The van der Waals surface area contributed by atoms with E-state index in [1.807, 2.05) is 30.3 Å². The number of rotatable bonds is 4. The molecule has 1 aromatic heterocycles. The molecule has 0 atom stereocenters. The van der Waals surface area contributed by atoms with E-state index in [2.05, 4.69) is 28.7 Å². The molecule has 5 nitrogen and oxygen atoms in total. The summed E-state index contributed by atoms with van der Waals surface area (Å²) in [4.78, 5) is 13.7. The fraction of sp³-hybridized carbons (Fsp3) is 0.182. The standard InChI is InChI=1S/C22H20N2O3S/c1-24-21(25)12-16-11-18(26-2)19(27-3)13-17(16)22(23-24)15-8-6-14(7-9-15)20-5-4-10-28-20/h4-11,13H,12H2,1-3H3. The highest BCUT2D eigenvalue weighted by Gasteiger charge is 2.24. The van der Waals surface area contributed by atoms with E-state index in [-0.39, 0.29) is 12.3 Å². The summed E-state index contributed by atoms with van der Waals surface area (Å²) >= 11 is 1.71. The Bertz CT molecular complexity index is 1040. The van der Waals surface area contributed by atoms with Crippen LogP contribution in [-0.4, -0.2) is 37.9 Å². The molecule has 28 heavy (non-hydrogen) atoms. The summed E-state index contributed by atoms with van der Waals surface area (Å²) in [5.41, 5.74) is 4.58. The van der Waals surface area contributed by atoms with Crippen molar-refractivity contribution in [2.45, 2.75) is 6.42 Å². The van der Waals surface area contributed by atoms with Crippen LogP contribution in [0.1, 0.15) is 16.7 Å². The van der Waals surface area contributed by atoms with Crippen LogP contribution in [-0.2, 0) is 11.2 Å². The molecule has 2 aromatic carbocycles. The van der Waals surface area contributed by atoms with Crippen LogP contribution in [0.4, 0.5) is 0 Å². The first-order valence-electron chi connectivity index (χ1n) is 8.85. The SMILES string of the molecule is COc1cc2c(cc1OC)C(c1ccc(-c3cccs3)cc1)=NN(C)C(=O)C2. The number of ether oxygens (including phenoxy) is 2. The van der Waals surface area contributed by atoms with E-state index >= 15 is 0 Å². The van der Waals surface area contributed by atoms with Crippen LogP contribution in [0.3, 0.4) is 0 Å². The quantitative estimate of drug-likeness (QED) is 0.669. The zero-order chi connectivity index (χ0) is 19.7. The molecule has 0 saturated carbocycles. The van der Waals surface area contributed by atoms with Gasteiger partial charge < -0.3 is 9.47 Å². The molecule has 6 heteroatoms. The predicted molar refractivity (Wildman–Crippen MR) is 111 cm³/mol. The van der Waals surface area contributed by atoms with E-state index in [9.17, 15) is 4.79 Å². The zero-order valence-electron chi connectivity index (χ0n) is 15.9. The minimum atomic E-state index is -0.0707. The Morgan fingerprint density at radius 2 is 1.68 bits per heavy atom. The molecule has 0 bridgehead atoms. The monoisotopic (exact) mass is 392 g/mol. The third-order valence-corrected chi connectivity index (χ3v) is 5.70. The third kappa shape index (κ3) is 3.27. The van der Waals surface area contributed by atoms with E-state index in [1.54, 1.807) is 32.6 Å². The minimum Gasteiger partial charge on any atom is -0.493 e. The molecule has 1 amide bonds. The highest BCUT2D eigenvalue weighted by atomic mass is 32.1. The molecule has 142 valence electrons. The Labute approximate surface area is 167 Å². The maximum Gasteiger partial charge on any atom is 0.246 e. The molecule has 4 rings (SSSR count). The van der Waals surface area contributed by atoms with Gasteiger partial charge >= 0.3 is 0 Å². The summed E-state index contributed by atoms with van der Waals surface area (Å²) in [6.45, 7) is 0. The Morgan fingerprint density at radius 3 is 2.32 bits per heavy atom. The van der Waals surface area contributed by atoms with Crippen molar-refractivity contribution in [1.29, 1.82) is 0 Å². The van der Waals surface area contributed by atoms with Gasteiger partial charge in [0, 0.05) is 23.1 Å². The van der Waals surface area contributed by atoms with Gasteiger partial charge in [0.1, 0.15) is 0 Å². The number of likely N-dealkylation sites (N-methyl/N-ethyl adjacent to an activating group) is 1. The van der Waals surface area contributed by atoms with E-state index < -0.39 is 0 Å². The van der Waals surface area contributed by atoms with E-state index in [1.165, 1.54) is 9.89 Å². The second-order valence-corrected chi connectivity index (χ2v) is 7.41. The lowest BCUT2D eigenvalue weighted by Gasteiger charge is -2.14. The fourth-order valence-electron chi connectivity index (χ4n) is 3.27. The van der Waals surface area contributed by atoms with Gasteiger partial charge in [-0.05, 0) is 34.7 Å². The van der Waals surface area contributed by atoms with Crippen molar-refractivity contribution in [3.63, 3.8) is 0 Å². The number of hydrogen-bond acceptors (Lipinski definition) is 5. The van der Waals surface area contributed by atoms with Crippen molar-refractivity contribution < 1.29 is 14.3 Å². The normalized spacial score (nSPS) is 13.6. The summed E-state index contributed by atoms with van der Waals surface area (Å²) < 4.78 is 10.9. The zero-order valence-corrected chi connectivity index (χ0v) is 16.7. The molecule has 0 aliphatic carbocycles. The van der Waals surface area contributed by atoms with Crippen LogP contribution in [0.25, 0.3) is 10.4 Å². The molecule has 2 heterocycles. The number of methoxy groups -OCH3 is 2. The van der Waals surface area contributed by atoms with Gasteiger partial charge in [-0.1, -0.05) is 30.3 Å². The van der Waals surface area contributed by atoms with Gasteiger partial charge in [0.05, 0.1) is 26.4 Å². The molecule has 3 aromatic rings. The number of hydrogen-bond donors (Lipinski definition) is 0. The summed E-state index contributed by atoms with van der Waals surface area (Å²) in [5, 5.41) is 8.07. The maximum absolute atomic E-state index is 12.5. The summed E-state index contributed by atoms with van der Waals surface area (Å²) in [6, 6.07) is 16.1.